The number of aryl methyl sites for hydroxylation is 2. The number of carbonyl (C=O) groups excluding carboxylic acids is 1. The number of methoxy groups -OCH3 is 2. The van der Waals surface area contributed by atoms with Gasteiger partial charge >= 0.3 is 0 Å². The molecule has 8 heteroatoms. The number of ether oxygens (including phenoxy) is 2. The molecule has 2 aliphatic heterocycles. The van der Waals surface area contributed by atoms with Crippen LogP contribution in [0.5, 0.6) is 11.5 Å². The first-order valence-corrected chi connectivity index (χ1v) is 13.1. The quantitative estimate of drug-likeness (QED) is 0.517. The van der Waals surface area contributed by atoms with Crippen molar-refractivity contribution < 1.29 is 14.3 Å². The fourth-order valence-electron chi connectivity index (χ4n) is 5.69. The molecule has 4 heterocycles. The Bertz CT molecular complexity index is 1240. The van der Waals surface area contributed by atoms with Crippen LogP contribution in [0, 0.1) is 19.8 Å². The molecule has 0 radical (unpaired) electrons. The summed E-state index contributed by atoms with van der Waals surface area (Å²) in [6.45, 7) is 7.58. The van der Waals surface area contributed by atoms with Gasteiger partial charge in [-0.1, -0.05) is 18.9 Å². The number of amides is 1. The lowest BCUT2D eigenvalue weighted by Crippen LogP contribution is -2.43. The summed E-state index contributed by atoms with van der Waals surface area (Å²) in [6.07, 6.45) is 6.52. The van der Waals surface area contributed by atoms with E-state index in [0.717, 1.165) is 85.8 Å². The lowest BCUT2D eigenvalue weighted by atomic mass is 9.95. The van der Waals surface area contributed by atoms with Crippen LogP contribution in [0.2, 0.25) is 0 Å². The largest absolute Gasteiger partial charge is 0.493 e. The van der Waals surface area contributed by atoms with Crippen molar-refractivity contribution >= 4 is 17.4 Å². The van der Waals surface area contributed by atoms with Crippen molar-refractivity contribution in [3.05, 3.63) is 35.7 Å². The fourth-order valence-corrected chi connectivity index (χ4v) is 5.69. The molecular formula is C28H37N5O3. The topological polar surface area (TPSA) is 72.2 Å². The average Bonchev–Trinajstić information content (AvgIpc) is 3.05. The highest BCUT2D eigenvalue weighted by molar-refractivity contribution is 5.82. The van der Waals surface area contributed by atoms with Crippen LogP contribution in [-0.2, 0) is 4.79 Å². The summed E-state index contributed by atoms with van der Waals surface area (Å²) in [5.41, 5.74) is 4.67. The molecule has 2 aromatic heterocycles. The van der Waals surface area contributed by atoms with E-state index < -0.39 is 0 Å². The molecule has 5 rings (SSSR count). The summed E-state index contributed by atoms with van der Waals surface area (Å²) in [5, 5.41) is 4.91. The Balaban J connectivity index is 1.41. The second-order valence-corrected chi connectivity index (χ2v) is 10.0. The van der Waals surface area contributed by atoms with E-state index in [2.05, 4.69) is 15.9 Å². The molecule has 2 saturated heterocycles. The SMILES string of the molecule is COc1ccc(-c2c(C)nn3c(N4CCC(C(=O)N5CCCCCC5)CC4)cc(C)nc23)cc1OC. The third-order valence-corrected chi connectivity index (χ3v) is 7.63. The van der Waals surface area contributed by atoms with Gasteiger partial charge in [0.25, 0.3) is 0 Å². The highest BCUT2D eigenvalue weighted by atomic mass is 16.5. The van der Waals surface area contributed by atoms with Gasteiger partial charge in [0.15, 0.2) is 17.1 Å². The number of anilines is 1. The van der Waals surface area contributed by atoms with Gasteiger partial charge in [0.2, 0.25) is 5.91 Å². The van der Waals surface area contributed by atoms with E-state index in [4.69, 9.17) is 19.6 Å². The molecule has 0 N–H and O–H groups in total. The van der Waals surface area contributed by atoms with E-state index in [1.807, 2.05) is 36.6 Å². The smallest absolute Gasteiger partial charge is 0.225 e. The molecule has 1 aromatic carbocycles. The van der Waals surface area contributed by atoms with Crippen LogP contribution in [0.3, 0.4) is 0 Å². The monoisotopic (exact) mass is 491 g/mol. The molecule has 8 nitrogen and oxygen atoms in total. The normalized spacial score (nSPS) is 17.3. The Morgan fingerprint density at radius 1 is 0.917 bits per heavy atom. The van der Waals surface area contributed by atoms with Crippen LogP contribution >= 0.6 is 0 Å². The van der Waals surface area contributed by atoms with Gasteiger partial charge in [-0.15, -0.1) is 0 Å². The molecule has 0 saturated carbocycles. The number of benzene rings is 1. The maximum atomic E-state index is 13.2. The molecule has 0 aliphatic carbocycles. The molecule has 0 bridgehead atoms. The summed E-state index contributed by atoms with van der Waals surface area (Å²) in [7, 11) is 3.28. The number of fused-ring (bicyclic) bond motifs is 1. The minimum Gasteiger partial charge on any atom is -0.493 e. The number of hydrogen-bond acceptors (Lipinski definition) is 6. The Morgan fingerprint density at radius 3 is 2.28 bits per heavy atom. The number of rotatable bonds is 5. The zero-order valence-corrected chi connectivity index (χ0v) is 21.9. The van der Waals surface area contributed by atoms with Gasteiger partial charge in [0.05, 0.1) is 19.9 Å². The number of nitrogens with zero attached hydrogens (tertiary/aromatic N) is 5. The number of aromatic nitrogens is 3. The second kappa shape index (κ2) is 10.4. The van der Waals surface area contributed by atoms with Crippen molar-refractivity contribution in [3.63, 3.8) is 0 Å². The molecule has 0 spiro atoms. The maximum absolute atomic E-state index is 13.2. The predicted octanol–water partition coefficient (Wildman–Crippen LogP) is 4.65. The van der Waals surface area contributed by atoms with Gasteiger partial charge in [0, 0.05) is 49.4 Å². The summed E-state index contributed by atoms with van der Waals surface area (Å²) in [5.74, 6) is 2.89. The van der Waals surface area contributed by atoms with Gasteiger partial charge in [0.1, 0.15) is 5.82 Å². The molecule has 2 aliphatic rings. The summed E-state index contributed by atoms with van der Waals surface area (Å²) in [4.78, 5) is 22.5. The van der Waals surface area contributed by atoms with Crippen molar-refractivity contribution in [1.82, 2.24) is 19.5 Å². The summed E-state index contributed by atoms with van der Waals surface area (Å²) < 4.78 is 12.9. The first-order valence-electron chi connectivity index (χ1n) is 13.1. The van der Waals surface area contributed by atoms with Crippen molar-refractivity contribution in [3.8, 4) is 22.6 Å². The van der Waals surface area contributed by atoms with E-state index in [1.165, 1.54) is 12.8 Å². The van der Waals surface area contributed by atoms with Crippen LogP contribution in [0.1, 0.15) is 49.9 Å². The van der Waals surface area contributed by atoms with Crippen molar-refractivity contribution in [2.75, 3.05) is 45.3 Å². The van der Waals surface area contributed by atoms with Gasteiger partial charge in [-0.3, -0.25) is 4.79 Å². The van der Waals surface area contributed by atoms with Gasteiger partial charge in [-0.25, -0.2) is 4.98 Å². The van der Waals surface area contributed by atoms with Crippen molar-refractivity contribution in [1.29, 1.82) is 0 Å². The first-order chi connectivity index (χ1) is 17.5. The second-order valence-electron chi connectivity index (χ2n) is 10.0. The highest BCUT2D eigenvalue weighted by Gasteiger charge is 2.30. The zero-order valence-electron chi connectivity index (χ0n) is 21.9. The lowest BCUT2D eigenvalue weighted by Gasteiger charge is -2.35. The van der Waals surface area contributed by atoms with E-state index in [1.54, 1.807) is 14.2 Å². The number of hydrogen-bond donors (Lipinski definition) is 0. The highest BCUT2D eigenvalue weighted by Crippen LogP contribution is 2.36. The summed E-state index contributed by atoms with van der Waals surface area (Å²) in [6, 6.07) is 8.02. The predicted molar refractivity (Wildman–Crippen MR) is 141 cm³/mol. The standard InChI is InChI=1S/C28H37N5O3/c1-19-17-25(31-15-11-21(12-16-31)28(34)32-13-7-5-6-8-14-32)33-27(29-19)26(20(2)30-33)22-9-10-23(35-3)24(18-22)36-4/h9-10,17-18,21H,5-8,11-16H2,1-4H3. The van der Waals surface area contributed by atoms with Crippen molar-refractivity contribution in [2.24, 2.45) is 5.92 Å². The molecule has 3 aromatic rings. The van der Waals surface area contributed by atoms with E-state index in [0.29, 0.717) is 17.4 Å². The summed E-state index contributed by atoms with van der Waals surface area (Å²) >= 11 is 0. The van der Waals surface area contributed by atoms with Crippen LogP contribution in [0.25, 0.3) is 16.8 Å². The van der Waals surface area contributed by atoms with E-state index in [-0.39, 0.29) is 5.92 Å². The molecule has 1 amide bonds. The minimum atomic E-state index is 0.124. The molecular weight excluding hydrogens is 454 g/mol. The van der Waals surface area contributed by atoms with Gasteiger partial charge in [-0.2, -0.15) is 9.61 Å². The number of carbonyl (C=O) groups is 1. The van der Waals surface area contributed by atoms with E-state index in [9.17, 15) is 4.79 Å². The van der Waals surface area contributed by atoms with E-state index >= 15 is 0 Å². The molecule has 2 fully saturated rings. The lowest BCUT2D eigenvalue weighted by molar-refractivity contribution is -0.136. The minimum absolute atomic E-state index is 0.124. The third-order valence-electron chi connectivity index (χ3n) is 7.63. The molecule has 192 valence electrons. The third kappa shape index (κ3) is 4.61. The molecule has 36 heavy (non-hydrogen) atoms. The Morgan fingerprint density at radius 2 is 1.61 bits per heavy atom. The van der Waals surface area contributed by atoms with Crippen LogP contribution < -0.4 is 14.4 Å². The first kappa shape index (κ1) is 24.4. The molecule has 0 atom stereocenters. The fraction of sp³-hybridized carbons (Fsp3) is 0.536. The van der Waals surface area contributed by atoms with Crippen LogP contribution in [0.4, 0.5) is 5.82 Å². The van der Waals surface area contributed by atoms with Gasteiger partial charge in [-0.05, 0) is 57.2 Å². The Hall–Kier alpha value is -3.29. The Labute approximate surface area is 213 Å². The van der Waals surface area contributed by atoms with Crippen LogP contribution in [0.15, 0.2) is 24.3 Å². The Kier molecular flexibility index (Phi) is 7.03. The van der Waals surface area contributed by atoms with Crippen LogP contribution in [-0.4, -0.2) is 65.8 Å². The maximum Gasteiger partial charge on any atom is 0.225 e. The van der Waals surface area contributed by atoms with Crippen molar-refractivity contribution in [2.45, 2.75) is 52.4 Å². The average molecular weight is 492 g/mol. The zero-order chi connectivity index (χ0) is 25.2. The van der Waals surface area contributed by atoms with Gasteiger partial charge < -0.3 is 19.3 Å². The number of piperidine rings is 1. The number of likely N-dealkylation sites (tertiary alicyclic amines) is 1. The molecule has 0 unspecified atom stereocenters.